The van der Waals surface area contributed by atoms with E-state index in [1.165, 1.54) is 0 Å². The van der Waals surface area contributed by atoms with Crippen molar-refractivity contribution >= 4 is 17.8 Å². The molecule has 1 aromatic rings. The lowest BCUT2D eigenvalue weighted by atomic mass is 9.91. The molecule has 7 heteroatoms. The predicted octanol–water partition coefficient (Wildman–Crippen LogP) is 0.844. The largest absolute Gasteiger partial charge is 0.348 e. The van der Waals surface area contributed by atoms with Crippen molar-refractivity contribution in [3.63, 3.8) is 0 Å². The summed E-state index contributed by atoms with van der Waals surface area (Å²) in [6.07, 6.45) is 0.810. The van der Waals surface area contributed by atoms with Gasteiger partial charge in [-0.1, -0.05) is 26.0 Å². The number of nitrogens with two attached hydrogens (primary N) is 1. The molecule has 4 amide bonds. The lowest BCUT2D eigenvalue weighted by molar-refractivity contribution is -0.123. The molecule has 1 aliphatic heterocycles. The predicted molar refractivity (Wildman–Crippen MR) is 90.2 cm³/mol. The number of hydrogen-bond acceptors (Lipinski definition) is 4. The van der Waals surface area contributed by atoms with Gasteiger partial charge >= 0.3 is 6.03 Å². The fraction of sp³-hybridized carbons (Fsp3) is 0.471. The Hall–Kier alpha value is -2.41. The van der Waals surface area contributed by atoms with E-state index in [9.17, 15) is 14.4 Å². The molecule has 130 valence electrons. The summed E-state index contributed by atoms with van der Waals surface area (Å²) >= 11 is 0. The lowest BCUT2D eigenvalue weighted by Crippen LogP contribution is -2.41. The molecule has 0 radical (unpaired) electrons. The zero-order valence-electron chi connectivity index (χ0n) is 14.2. The Morgan fingerprint density at radius 2 is 1.88 bits per heavy atom. The second-order valence-corrected chi connectivity index (χ2v) is 6.65. The van der Waals surface area contributed by atoms with E-state index in [1.807, 2.05) is 0 Å². The average molecular weight is 332 g/mol. The summed E-state index contributed by atoms with van der Waals surface area (Å²) in [6, 6.07) is 6.01. The summed E-state index contributed by atoms with van der Waals surface area (Å²) in [5, 5.41) is 7.72. The topological polar surface area (TPSA) is 113 Å². The number of imide groups is 1. The summed E-state index contributed by atoms with van der Waals surface area (Å²) < 4.78 is 0. The van der Waals surface area contributed by atoms with Crippen LogP contribution in [0.5, 0.6) is 0 Å². The van der Waals surface area contributed by atoms with Gasteiger partial charge in [0.25, 0.3) is 11.8 Å². The van der Waals surface area contributed by atoms with Crippen LogP contribution in [0.25, 0.3) is 0 Å². The number of carbonyl (C=O) groups is 3. The molecule has 2 atom stereocenters. The second-order valence-electron chi connectivity index (χ2n) is 6.65. The van der Waals surface area contributed by atoms with Crippen molar-refractivity contribution in [2.75, 3.05) is 6.54 Å². The average Bonchev–Trinajstić information content (AvgIpc) is 2.79. The van der Waals surface area contributed by atoms with Gasteiger partial charge in [-0.3, -0.25) is 14.9 Å². The first kappa shape index (κ1) is 17.9. The van der Waals surface area contributed by atoms with Crippen LogP contribution in [-0.2, 0) is 10.3 Å². The highest BCUT2D eigenvalue weighted by atomic mass is 16.2. The molecule has 1 aromatic carbocycles. The van der Waals surface area contributed by atoms with E-state index < -0.39 is 17.5 Å². The Morgan fingerprint density at radius 3 is 2.33 bits per heavy atom. The van der Waals surface area contributed by atoms with Gasteiger partial charge in [0.1, 0.15) is 5.54 Å². The molecule has 1 aliphatic rings. The number of urea groups is 1. The summed E-state index contributed by atoms with van der Waals surface area (Å²) in [5.41, 5.74) is 5.67. The number of hydrogen-bond donors (Lipinski definition) is 4. The van der Waals surface area contributed by atoms with Gasteiger partial charge in [0.15, 0.2) is 0 Å². The van der Waals surface area contributed by atoms with Crippen molar-refractivity contribution in [3.05, 3.63) is 35.4 Å². The first-order chi connectivity index (χ1) is 11.3. The molecule has 24 heavy (non-hydrogen) atoms. The van der Waals surface area contributed by atoms with Crippen LogP contribution in [0.4, 0.5) is 4.79 Å². The number of amides is 4. The summed E-state index contributed by atoms with van der Waals surface area (Å²) in [4.78, 5) is 35.6. The van der Waals surface area contributed by atoms with E-state index in [0.29, 0.717) is 23.6 Å². The Morgan fingerprint density at radius 1 is 1.25 bits per heavy atom. The van der Waals surface area contributed by atoms with Crippen molar-refractivity contribution in [1.29, 1.82) is 0 Å². The third-order valence-corrected chi connectivity index (χ3v) is 4.14. The maximum atomic E-state index is 12.3. The second kappa shape index (κ2) is 7.00. The number of carbonyl (C=O) groups excluding carboxylic acids is 3. The fourth-order valence-corrected chi connectivity index (χ4v) is 2.75. The first-order valence-electron chi connectivity index (χ1n) is 8.01. The molecule has 1 fully saturated rings. The maximum Gasteiger partial charge on any atom is 0.322 e. The zero-order chi connectivity index (χ0) is 17.9. The minimum atomic E-state index is -1.12. The molecule has 1 heterocycles. The van der Waals surface area contributed by atoms with Gasteiger partial charge in [-0.2, -0.15) is 0 Å². The van der Waals surface area contributed by atoms with Gasteiger partial charge in [0.2, 0.25) is 0 Å². The fourth-order valence-electron chi connectivity index (χ4n) is 2.75. The van der Waals surface area contributed by atoms with Crippen LogP contribution in [0, 0.1) is 5.92 Å². The molecule has 2 rings (SSSR count). The van der Waals surface area contributed by atoms with Crippen LogP contribution in [-0.4, -0.2) is 30.4 Å². The molecule has 0 bridgehead atoms. The molecular weight excluding hydrogens is 308 g/mol. The minimum Gasteiger partial charge on any atom is -0.348 e. The third kappa shape index (κ3) is 3.73. The Balaban J connectivity index is 2.10. The smallest absolute Gasteiger partial charge is 0.322 e. The maximum absolute atomic E-state index is 12.3. The van der Waals surface area contributed by atoms with E-state index in [-0.39, 0.29) is 11.9 Å². The monoisotopic (exact) mass is 332 g/mol. The first-order valence-corrected chi connectivity index (χ1v) is 8.01. The molecule has 7 nitrogen and oxygen atoms in total. The third-order valence-electron chi connectivity index (χ3n) is 4.14. The highest BCUT2D eigenvalue weighted by Gasteiger charge is 2.43. The van der Waals surface area contributed by atoms with E-state index in [4.69, 9.17) is 5.73 Å². The highest BCUT2D eigenvalue weighted by Crippen LogP contribution is 2.24. The van der Waals surface area contributed by atoms with Gasteiger partial charge in [-0.25, -0.2) is 4.79 Å². The van der Waals surface area contributed by atoms with Gasteiger partial charge < -0.3 is 16.4 Å². The number of nitrogens with one attached hydrogen (secondary N) is 3. The SMILES string of the molecule is CC(C)CC(CN)NC(=O)c1ccc(C2(C)NC(=O)NC2=O)cc1. The number of rotatable bonds is 6. The van der Waals surface area contributed by atoms with E-state index in [1.54, 1.807) is 31.2 Å². The molecule has 1 saturated heterocycles. The van der Waals surface area contributed by atoms with Crippen molar-refractivity contribution in [2.24, 2.45) is 11.7 Å². The Labute approximate surface area is 141 Å². The normalized spacial score (nSPS) is 21.4. The van der Waals surface area contributed by atoms with E-state index in [2.05, 4.69) is 29.8 Å². The Kier molecular flexibility index (Phi) is 5.23. The quantitative estimate of drug-likeness (QED) is 0.578. The molecule has 0 spiro atoms. The molecular formula is C17H24N4O3. The van der Waals surface area contributed by atoms with Gasteiger partial charge in [0, 0.05) is 18.2 Å². The standard InChI is InChI=1S/C17H24N4O3/c1-10(2)8-13(9-18)19-14(22)11-4-6-12(7-5-11)17(3)15(23)20-16(24)21-17/h4-7,10,13H,8-9,18H2,1-3H3,(H,19,22)(H2,20,21,23,24). The van der Waals surface area contributed by atoms with E-state index in [0.717, 1.165) is 6.42 Å². The van der Waals surface area contributed by atoms with Crippen molar-refractivity contribution in [2.45, 2.75) is 38.8 Å². The van der Waals surface area contributed by atoms with Crippen molar-refractivity contribution in [1.82, 2.24) is 16.0 Å². The Bertz CT molecular complexity index is 642. The summed E-state index contributed by atoms with van der Waals surface area (Å²) in [6.45, 7) is 6.15. The van der Waals surface area contributed by atoms with Gasteiger partial charge in [-0.05, 0) is 37.0 Å². The van der Waals surface area contributed by atoms with Crippen LogP contribution in [0.2, 0.25) is 0 Å². The summed E-state index contributed by atoms with van der Waals surface area (Å²) in [5.74, 6) is -0.182. The van der Waals surface area contributed by atoms with E-state index >= 15 is 0 Å². The van der Waals surface area contributed by atoms with Gasteiger partial charge in [-0.15, -0.1) is 0 Å². The zero-order valence-corrected chi connectivity index (χ0v) is 14.2. The minimum absolute atomic E-state index is 0.0745. The van der Waals surface area contributed by atoms with Crippen LogP contribution in [0.1, 0.15) is 43.1 Å². The van der Waals surface area contributed by atoms with Crippen LogP contribution >= 0.6 is 0 Å². The molecule has 0 aromatic heterocycles. The van der Waals surface area contributed by atoms with Crippen LogP contribution in [0.15, 0.2) is 24.3 Å². The summed E-state index contributed by atoms with van der Waals surface area (Å²) in [7, 11) is 0. The lowest BCUT2D eigenvalue weighted by Gasteiger charge is -2.22. The van der Waals surface area contributed by atoms with Crippen LogP contribution in [0.3, 0.4) is 0 Å². The molecule has 2 unspecified atom stereocenters. The van der Waals surface area contributed by atoms with Crippen molar-refractivity contribution < 1.29 is 14.4 Å². The van der Waals surface area contributed by atoms with Crippen molar-refractivity contribution in [3.8, 4) is 0 Å². The number of benzene rings is 1. The molecule has 0 aliphatic carbocycles. The van der Waals surface area contributed by atoms with Gasteiger partial charge in [0.05, 0.1) is 0 Å². The highest BCUT2D eigenvalue weighted by molar-refractivity contribution is 6.07. The van der Waals surface area contributed by atoms with Crippen LogP contribution < -0.4 is 21.7 Å². The molecule has 5 N–H and O–H groups in total. The molecule has 0 saturated carbocycles.